The van der Waals surface area contributed by atoms with E-state index in [2.05, 4.69) is 23.3 Å². The summed E-state index contributed by atoms with van der Waals surface area (Å²) in [5.41, 5.74) is 2.32. The van der Waals surface area contributed by atoms with Gasteiger partial charge in [-0.25, -0.2) is 4.39 Å². The Kier molecular flexibility index (Phi) is 7.58. The summed E-state index contributed by atoms with van der Waals surface area (Å²) in [4.78, 5) is 16.5. The van der Waals surface area contributed by atoms with Crippen molar-refractivity contribution in [2.24, 2.45) is 11.8 Å². The van der Waals surface area contributed by atoms with Gasteiger partial charge < -0.3 is 5.32 Å². The molecule has 1 amide bonds. The van der Waals surface area contributed by atoms with Gasteiger partial charge in [-0.3, -0.25) is 9.78 Å². The smallest absolute Gasteiger partial charge is 0.223 e. The average Bonchev–Trinajstić information content (AvgIpc) is 3.47. The number of amides is 1. The fraction of sp³-hybridized carbons (Fsp3) is 0.500. The van der Waals surface area contributed by atoms with Crippen LogP contribution in [0, 0.1) is 17.7 Å². The molecule has 1 aliphatic rings. The quantitative estimate of drug-likeness (QED) is 0.538. The van der Waals surface area contributed by atoms with Crippen LogP contribution in [0.2, 0.25) is 0 Å². The molecule has 2 aromatic rings. The first-order valence-corrected chi connectivity index (χ1v) is 10.6. The van der Waals surface area contributed by atoms with Gasteiger partial charge in [0.05, 0.1) is 0 Å². The molecule has 3 rings (SSSR count). The lowest BCUT2D eigenvalue weighted by Crippen LogP contribution is -2.26. The highest BCUT2D eigenvalue weighted by molar-refractivity contribution is 5.81. The zero-order valence-electron chi connectivity index (χ0n) is 16.7. The molecule has 1 aromatic heterocycles. The zero-order valence-corrected chi connectivity index (χ0v) is 16.7. The molecule has 1 saturated carbocycles. The minimum Gasteiger partial charge on any atom is -0.356 e. The number of hydrogen-bond acceptors (Lipinski definition) is 2. The van der Waals surface area contributed by atoms with Crippen LogP contribution < -0.4 is 5.32 Å². The molecular formula is C24H31FN2O. The van der Waals surface area contributed by atoms with Crippen molar-refractivity contribution in [2.45, 2.75) is 57.8 Å². The van der Waals surface area contributed by atoms with Crippen LogP contribution in [0.3, 0.4) is 0 Å². The van der Waals surface area contributed by atoms with Crippen LogP contribution >= 0.6 is 0 Å². The average molecular weight is 383 g/mol. The first-order chi connectivity index (χ1) is 13.7. The Balaban J connectivity index is 1.37. The molecule has 1 heterocycles. The molecule has 150 valence electrons. The summed E-state index contributed by atoms with van der Waals surface area (Å²) in [5, 5.41) is 3.10. The van der Waals surface area contributed by atoms with Gasteiger partial charge in [-0.05, 0) is 79.7 Å². The number of hydrogen-bond donors (Lipinski definition) is 1. The Hall–Kier alpha value is -2.23. The van der Waals surface area contributed by atoms with Gasteiger partial charge in [-0.1, -0.05) is 31.5 Å². The summed E-state index contributed by atoms with van der Waals surface area (Å²) in [6.45, 7) is 2.90. The second kappa shape index (κ2) is 10.4. The van der Waals surface area contributed by atoms with Crippen molar-refractivity contribution in [3.05, 3.63) is 65.7 Å². The lowest BCUT2D eigenvalue weighted by atomic mass is 9.89. The normalized spacial score (nSPS) is 19.2. The molecule has 3 nitrogen and oxygen atoms in total. The van der Waals surface area contributed by atoms with E-state index in [1.807, 2.05) is 18.3 Å². The molecular weight excluding hydrogens is 351 g/mol. The highest BCUT2D eigenvalue weighted by atomic mass is 19.1. The van der Waals surface area contributed by atoms with Gasteiger partial charge in [0.2, 0.25) is 5.91 Å². The van der Waals surface area contributed by atoms with Crippen molar-refractivity contribution in [3.63, 3.8) is 0 Å². The number of benzene rings is 1. The number of aromatic nitrogens is 1. The molecule has 1 N–H and O–H groups in total. The van der Waals surface area contributed by atoms with E-state index in [9.17, 15) is 9.18 Å². The van der Waals surface area contributed by atoms with Crippen molar-refractivity contribution in [3.8, 4) is 0 Å². The summed E-state index contributed by atoms with van der Waals surface area (Å²) in [7, 11) is 0. The van der Waals surface area contributed by atoms with Crippen LogP contribution in [0.1, 0.15) is 62.5 Å². The lowest BCUT2D eigenvalue weighted by molar-refractivity contribution is -0.122. The zero-order chi connectivity index (χ0) is 19.8. The minimum absolute atomic E-state index is 0.145. The number of nitrogens with zero attached hydrogens (tertiary/aromatic N) is 1. The molecule has 3 atom stereocenters. The second-order valence-electron chi connectivity index (χ2n) is 7.99. The van der Waals surface area contributed by atoms with E-state index in [4.69, 9.17) is 0 Å². The molecule has 1 fully saturated rings. The Bertz CT molecular complexity index is 749. The molecule has 1 aliphatic carbocycles. The minimum atomic E-state index is -0.171. The van der Waals surface area contributed by atoms with Crippen molar-refractivity contribution >= 4 is 5.91 Å². The number of carbonyl (C=O) groups excluding carboxylic acids is 1. The number of pyridine rings is 1. The van der Waals surface area contributed by atoms with E-state index in [-0.39, 0.29) is 17.6 Å². The topological polar surface area (TPSA) is 42.0 Å². The summed E-state index contributed by atoms with van der Waals surface area (Å²) in [6.07, 6.45) is 10.8. The number of halogens is 1. The number of unbranched alkanes of at least 4 members (excludes halogenated alkanes) is 1. The Morgan fingerprint density at radius 3 is 2.93 bits per heavy atom. The maximum absolute atomic E-state index is 13.6. The molecule has 0 saturated heterocycles. The van der Waals surface area contributed by atoms with Gasteiger partial charge >= 0.3 is 0 Å². The number of aryl methyl sites for hydroxylation is 1. The predicted molar refractivity (Wildman–Crippen MR) is 110 cm³/mol. The van der Waals surface area contributed by atoms with Gasteiger partial charge in [0.15, 0.2) is 0 Å². The standard InChI is InChI=1S/C24H31FN2O/c1-2-7-19(20-10-5-11-22(25)15-20)14-21-16-23(21)24(28)27-13-4-3-8-18-9-6-12-26-17-18/h5-6,9-12,15,17,19,21,23H,2-4,7-8,13-14,16H2,1H3,(H,27,28)/t19?,21?,23-/m0/s1. The number of rotatable bonds is 11. The van der Waals surface area contributed by atoms with Gasteiger partial charge in [0, 0.05) is 24.9 Å². The van der Waals surface area contributed by atoms with Crippen molar-refractivity contribution in [1.29, 1.82) is 0 Å². The van der Waals surface area contributed by atoms with Crippen LogP contribution in [-0.2, 0) is 11.2 Å². The van der Waals surface area contributed by atoms with Crippen LogP contribution in [0.15, 0.2) is 48.8 Å². The second-order valence-corrected chi connectivity index (χ2v) is 7.99. The maximum Gasteiger partial charge on any atom is 0.223 e. The van der Waals surface area contributed by atoms with Crippen LogP contribution in [0.5, 0.6) is 0 Å². The van der Waals surface area contributed by atoms with Gasteiger partial charge in [0.25, 0.3) is 0 Å². The fourth-order valence-corrected chi connectivity index (χ4v) is 4.07. The van der Waals surface area contributed by atoms with Gasteiger partial charge in [-0.15, -0.1) is 0 Å². The van der Waals surface area contributed by atoms with Gasteiger partial charge in [-0.2, -0.15) is 0 Å². The third kappa shape index (κ3) is 6.15. The molecule has 2 unspecified atom stereocenters. The molecule has 28 heavy (non-hydrogen) atoms. The molecule has 0 bridgehead atoms. The first-order valence-electron chi connectivity index (χ1n) is 10.6. The van der Waals surface area contributed by atoms with Crippen LogP contribution in [0.4, 0.5) is 4.39 Å². The third-order valence-corrected chi connectivity index (χ3v) is 5.72. The third-order valence-electron chi connectivity index (χ3n) is 5.72. The highest BCUT2D eigenvalue weighted by Gasteiger charge is 2.43. The van der Waals surface area contributed by atoms with Crippen LogP contribution in [0.25, 0.3) is 0 Å². The molecule has 1 aromatic carbocycles. The predicted octanol–water partition coefficient (Wildman–Crippen LogP) is 5.27. The van der Waals surface area contributed by atoms with Crippen LogP contribution in [-0.4, -0.2) is 17.4 Å². The van der Waals surface area contributed by atoms with E-state index >= 15 is 0 Å². The van der Waals surface area contributed by atoms with Crippen molar-refractivity contribution < 1.29 is 9.18 Å². The number of nitrogens with one attached hydrogen (secondary N) is 1. The Labute approximate surface area is 167 Å². The molecule has 0 spiro atoms. The first kappa shape index (κ1) is 20.5. The van der Waals surface area contributed by atoms with E-state index in [1.54, 1.807) is 18.3 Å². The lowest BCUT2D eigenvalue weighted by Gasteiger charge is -2.17. The summed E-state index contributed by atoms with van der Waals surface area (Å²) < 4.78 is 13.6. The fourth-order valence-electron chi connectivity index (χ4n) is 4.07. The van der Waals surface area contributed by atoms with Crippen molar-refractivity contribution in [2.75, 3.05) is 6.54 Å². The van der Waals surface area contributed by atoms with E-state index < -0.39 is 0 Å². The number of carbonyl (C=O) groups is 1. The Morgan fingerprint density at radius 1 is 1.29 bits per heavy atom. The van der Waals surface area contributed by atoms with E-state index in [0.717, 1.165) is 57.1 Å². The Morgan fingerprint density at radius 2 is 2.18 bits per heavy atom. The summed E-state index contributed by atoms with van der Waals surface area (Å²) in [5.74, 6) is 0.959. The van der Waals surface area contributed by atoms with Crippen molar-refractivity contribution in [1.82, 2.24) is 10.3 Å². The summed E-state index contributed by atoms with van der Waals surface area (Å²) >= 11 is 0. The summed E-state index contributed by atoms with van der Waals surface area (Å²) in [6, 6.07) is 11.0. The highest BCUT2D eigenvalue weighted by Crippen LogP contribution is 2.46. The van der Waals surface area contributed by atoms with Gasteiger partial charge in [0.1, 0.15) is 5.82 Å². The monoisotopic (exact) mass is 382 g/mol. The van der Waals surface area contributed by atoms with E-state index in [1.165, 1.54) is 11.6 Å². The molecule has 4 heteroatoms. The maximum atomic E-state index is 13.6. The largest absolute Gasteiger partial charge is 0.356 e. The molecule has 0 radical (unpaired) electrons. The van der Waals surface area contributed by atoms with E-state index in [0.29, 0.717) is 11.8 Å². The molecule has 0 aliphatic heterocycles. The SMILES string of the molecule is CCCC(CC1C[C@@H]1C(=O)NCCCCc1cccnc1)c1cccc(F)c1.